The molecule has 6 nitrogen and oxygen atoms in total. The van der Waals surface area contributed by atoms with E-state index in [9.17, 15) is 9.59 Å². The molecule has 0 bridgehead atoms. The van der Waals surface area contributed by atoms with Gasteiger partial charge >= 0.3 is 5.97 Å². The second-order valence-corrected chi connectivity index (χ2v) is 8.30. The molecule has 10 heteroatoms. The summed E-state index contributed by atoms with van der Waals surface area (Å²) < 4.78 is 12.1. The van der Waals surface area contributed by atoms with Gasteiger partial charge in [0.1, 0.15) is 27.9 Å². The fraction of sp³-hybridized carbons (Fsp3) is 0.250. The standard InChI is InChI=1S/C12H8BrNO5S3/c13-10-9-8(18-1-2-19-9)5(21-10)3-6-11(17)14(4-7(15)16)12(20)22-6/h3H,1-2,4H2,(H,15,16)/b6-3-. The quantitative estimate of drug-likeness (QED) is 0.593. The zero-order valence-electron chi connectivity index (χ0n) is 10.8. The van der Waals surface area contributed by atoms with E-state index in [2.05, 4.69) is 15.9 Å². The van der Waals surface area contributed by atoms with Crippen LogP contribution in [0.15, 0.2) is 8.69 Å². The highest BCUT2D eigenvalue weighted by Crippen LogP contribution is 2.49. The molecule has 1 amide bonds. The van der Waals surface area contributed by atoms with E-state index in [-0.39, 0.29) is 4.32 Å². The van der Waals surface area contributed by atoms with Gasteiger partial charge in [-0.3, -0.25) is 14.5 Å². The van der Waals surface area contributed by atoms with Gasteiger partial charge < -0.3 is 14.6 Å². The van der Waals surface area contributed by atoms with Crippen LogP contribution < -0.4 is 9.47 Å². The molecule has 0 atom stereocenters. The van der Waals surface area contributed by atoms with Crippen molar-refractivity contribution < 1.29 is 24.2 Å². The molecule has 3 heterocycles. The van der Waals surface area contributed by atoms with Gasteiger partial charge in [0.15, 0.2) is 11.5 Å². The molecule has 1 aromatic rings. The maximum Gasteiger partial charge on any atom is 0.323 e. The molecule has 2 aliphatic rings. The van der Waals surface area contributed by atoms with E-state index < -0.39 is 18.4 Å². The van der Waals surface area contributed by atoms with Crippen LogP contribution in [0, 0.1) is 0 Å². The maximum atomic E-state index is 12.2. The summed E-state index contributed by atoms with van der Waals surface area (Å²) in [5, 5.41) is 8.82. The van der Waals surface area contributed by atoms with Gasteiger partial charge in [-0.2, -0.15) is 0 Å². The predicted molar refractivity (Wildman–Crippen MR) is 90.5 cm³/mol. The van der Waals surface area contributed by atoms with Crippen molar-refractivity contribution in [1.29, 1.82) is 0 Å². The number of aliphatic carboxylic acids is 1. The van der Waals surface area contributed by atoms with E-state index in [1.165, 1.54) is 11.3 Å². The lowest BCUT2D eigenvalue weighted by molar-refractivity contribution is -0.140. The topological polar surface area (TPSA) is 76.1 Å². The number of hydrogen-bond donors (Lipinski definition) is 1. The Hall–Kier alpha value is -1.10. The molecule has 2 aliphatic heterocycles. The molecule has 22 heavy (non-hydrogen) atoms. The summed E-state index contributed by atoms with van der Waals surface area (Å²) in [6.45, 7) is 0.480. The minimum Gasteiger partial charge on any atom is -0.485 e. The Morgan fingerprint density at radius 3 is 2.77 bits per heavy atom. The molecule has 1 aromatic heterocycles. The lowest BCUT2D eigenvalue weighted by Gasteiger charge is -2.15. The number of thiophene rings is 1. The van der Waals surface area contributed by atoms with Gasteiger partial charge in [-0.05, 0) is 22.0 Å². The fourth-order valence-electron chi connectivity index (χ4n) is 1.92. The summed E-state index contributed by atoms with van der Waals surface area (Å²) in [4.78, 5) is 25.2. The first-order valence-corrected chi connectivity index (χ1v) is 8.86. The first-order valence-electron chi connectivity index (χ1n) is 6.02. The number of thioether (sulfide) groups is 1. The van der Waals surface area contributed by atoms with Crippen molar-refractivity contribution >= 4 is 73.5 Å². The highest BCUT2D eigenvalue weighted by Gasteiger charge is 2.34. The Balaban J connectivity index is 1.92. The third-order valence-electron chi connectivity index (χ3n) is 2.81. The second kappa shape index (κ2) is 6.19. The number of nitrogens with zero attached hydrogens (tertiary/aromatic N) is 1. The third-order valence-corrected chi connectivity index (χ3v) is 5.92. The molecule has 1 N–H and O–H groups in total. The lowest BCUT2D eigenvalue weighted by Crippen LogP contribution is -2.33. The van der Waals surface area contributed by atoms with E-state index in [0.29, 0.717) is 29.6 Å². The van der Waals surface area contributed by atoms with Gasteiger partial charge in [0.25, 0.3) is 5.91 Å². The zero-order chi connectivity index (χ0) is 15.9. The van der Waals surface area contributed by atoms with Crippen LogP contribution in [-0.2, 0) is 9.59 Å². The zero-order valence-corrected chi connectivity index (χ0v) is 14.9. The number of carbonyl (C=O) groups excluding carboxylic acids is 1. The van der Waals surface area contributed by atoms with Crippen LogP contribution in [0.2, 0.25) is 0 Å². The minimum atomic E-state index is -1.11. The molecule has 0 aliphatic carbocycles. The van der Waals surface area contributed by atoms with Crippen molar-refractivity contribution in [2.75, 3.05) is 19.8 Å². The largest absolute Gasteiger partial charge is 0.485 e. The monoisotopic (exact) mass is 421 g/mol. The Morgan fingerprint density at radius 1 is 1.41 bits per heavy atom. The molecule has 0 aromatic carbocycles. The first-order chi connectivity index (χ1) is 10.5. The van der Waals surface area contributed by atoms with E-state index in [1.54, 1.807) is 6.08 Å². The average Bonchev–Trinajstić information content (AvgIpc) is 2.92. The Bertz CT molecular complexity index is 714. The Labute approximate surface area is 147 Å². The summed E-state index contributed by atoms with van der Waals surface area (Å²) in [7, 11) is 0. The number of rotatable bonds is 3. The number of carboxylic acids is 1. The van der Waals surface area contributed by atoms with Crippen LogP contribution in [0.1, 0.15) is 4.88 Å². The van der Waals surface area contributed by atoms with Gasteiger partial charge in [-0.25, -0.2) is 0 Å². The van der Waals surface area contributed by atoms with Gasteiger partial charge in [-0.15, -0.1) is 11.3 Å². The van der Waals surface area contributed by atoms with Crippen LogP contribution in [0.25, 0.3) is 6.08 Å². The number of carboxylic acid groups (broad SMARTS) is 1. The number of hydrogen-bond acceptors (Lipinski definition) is 7. The molecule has 1 fully saturated rings. The molecule has 1 saturated heterocycles. The maximum absolute atomic E-state index is 12.2. The lowest BCUT2D eigenvalue weighted by atomic mass is 10.3. The van der Waals surface area contributed by atoms with E-state index in [4.69, 9.17) is 26.8 Å². The van der Waals surface area contributed by atoms with Crippen LogP contribution in [0.4, 0.5) is 0 Å². The first kappa shape index (κ1) is 15.8. The minimum absolute atomic E-state index is 0.236. The van der Waals surface area contributed by atoms with Gasteiger partial charge in [-0.1, -0.05) is 24.0 Å². The molecule has 0 saturated carbocycles. The summed E-state index contributed by atoms with van der Waals surface area (Å²) in [5.41, 5.74) is 0. The SMILES string of the molecule is O=C(O)CN1C(=O)/C(=C/c2sc(Br)c3c2OCCO3)SC1=S. The molecule has 3 rings (SSSR count). The van der Waals surface area contributed by atoms with Crippen molar-refractivity contribution in [3.63, 3.8) is 0 Å². The van der Waals surface area contributed by atoms with Crippen LogP contribution in [0.5, 0.6) is 11.5 Å². The summed E-state index contributed by atoms with van der Waals surface area (Å²) in [6, 6.07) is 0. The van der Waals surface area contributed by atoms with Crippen LogP contribution in [-0.4, -0.2) is 46.0 Å². The number of thiocarbonyl (C=S) groups is 1. The highest BCUT2D eigenvalue weighted by molar-refractivity contribution is 9.11. The predicted octanol–water partition coefficient (Wildman–Crippen LogP) is 2.57. The molecule has 0 spiro atoms. The molecule has 0 radical (unpaired) electrons. The second-order valence-electron chi connectivity index (χ2n) is 4.26. The van der Waals surface area contributed by atoms with Gasteiger partial charge in [0.05, 0.1) is 9.78 Å². The summed E-state index contributed by atoms with van der Waals surface area (Å²) in [5.74, 6) is -0.298. The molecule has 116 valence electrons. The average molecular weight is 422 g/mol. The molecular formula is C12H8BrNO5S3. The number of fused-ring (bicyclic) bond motifs is 1. The van der Waals surface area contributed by atoms with E-state index in [1.807, 2.05) is 0 Å². The van der Waals surface area contributed by atoms with Gasteiger partial charge in [0.2, 0.25) is 0 Å². The van der Waals surface area contributed by atoms with E-state index in [0.717, 1.165) is 25.3 Å². The smallest absolute Gasteiger partial charge is 0.323 e. The number of halogens is 1. The molecular weight excluding hydrogens is 414 g/mol. The van der Waals surface area contributed by atoms with Crippen molar-refractivity contribution in [3.8, 4) is 11.5 Å². The molecule has 0 unspecified atom stereocenters. The normalized spacial score (nSPS) is 19.1. The Kier molecular flexibility index (Phi) is 4.44. The number of amides is 1. The van der Waals surface area contributed by atoms with Crippen LogP contribution in [0.3, 0.4) is 0 Å². The third kappa shape index (κ3) is 2.87. The number of ether oxygens (including phenoxy) is 2. The summed E-state index contributed by atoms with van der Waals surface area (Å²) >= 11 is 10.9. The van der Waals surface area contributed by atoms with Crippen molar-refractivity contribution in [2.24, 2.45) is 0 Å². The van der Waals surface area contributed by atoms with Crippen molar-refractivity contribution in [1.82, 2.24) is 4.90 Å². The highest BCUT2D eigenvalue weighted by atomic mass is 79.9. The van der Waals surface area contributed by atoms with E-state index >= 15 is 0 Å². The van der Waals surface area contributed by atoms with Crippen molar-refractivity contribution in [3.05, 3.63) is 13.6 Å². The van der Waals surface area contributed by atoms with Gasteiger partial charge in [0, 0.05) is 0 Å². The van der Waals surface area contributed by atoms with Crippen molar-refractivity contribution in [2.45, 2.75) is 0 Å². The van der Waals surface area contributed by atoms with Crippen LogP contribution >= 0.6 is 51.2 Å². The fourth-order valence-corrected chi connectivity index (χ4v) is 4.91. The Morgan fingerprint density at radius 2 is 2.09 bits per heavy atom. The summed E-state index contributed by atoms with van der Waals surface area (Å²) in [6.07, 6.45) is 1.66. The number of carbonyl (C=O) groups is 2.